The summed E-state index contributed by atoms with van der Waals surface area (Å²) >= 11 is 17.5. The first-order chi connectivity index (χ1) is 9.00. The van der Waals surface area contributed by atoms with Gasteiger partial charge in [0.05, 0.1) is 16.0 Å². The average molecular weight is 332 g/mol. The smallest absolute Gasteiger partial charge is 0.254 e. The Morgan fingerprint density at radius 3 is 1.68 bits per heavy atom. The van der Waals surface area contributed by atoms with Crippen LogP contribution in [0.15, 0.2) is 48.5 Å². The van der Waals surface area contributed by atoms with Crippen LogP contribution < -0.4 is 0 Å². The Morgan fingerprint density at radius 1 is 0.842 bits per heavy atom. The summed E-state index contributed by atoms with van der Waals surface area (Å²) in [6, 6.07) is 15.6. The number of hydrogen-bond donors (Lipinski definition) is 0. The predicted octanol–water partition coefficient (Wildman–Crippen LogP) is 4.83. The van der Waals surface area contributed by atoms with Gasteiger partial charge in [-0.3, -0.25) is 4.21 Å². The van der Waals surface area contributed by atoms with Gasteiger partial charge in [-0.1, -0.05) is 83.3 Å². The molecule has 0 amide bonds. The second-order valence-electron chi connectivity index (χ2n) is 4.30. The molecule has 98 valence electrons. The zero-order valence-corrected chi connectivity index (χ0v) is 12.7. The third-order valence-corrected chi connectivity index (χ3v) is 5.98. The van der Waals surface area contributed by atoms with Gasteiger partial charge in [-0.25, -0.2) is 0 Å². The van der Waals surface area contributed by atoms with Crippen LogP contribution in [-0.4, -0.2) is 7.33 Å². The second kappa shape index (κ2) is 4.78. The third kappa shape index (κ3) is 2.21. The van der Waals surface area contributed by atoms with Gasteiger partial charge < -0.3 is 0 Å². The van der Waals surface area contributed by atoms with Crippen LogP contribution in [-0.2, 0) is 10.8 Å². The topological polar surface area (TPSA) is 17.1 Å². The van der Waals surface area contributed by atoms with E-state index in [1.54, 1.807) is 0 Å². The summed E-state index contributed by atoms with van der Waals surface area (Å²) in [5.74, 6) is 0. The Bertz CT molecular complexity index is 618. The molecule has 0 saturated heterocycles. The van der Waals surface area contributed by atoms with Crippen molar-refractivity contribution in [3.05, 3.63) is 59.7 Å². The Labute approximate surface area is 128 Å². The molecular weight excluding hydrogens is 323 g/mol. The SMILES string of the molecule is O=S(C1c2ccccc2-c2ccccc21)C(Cl)(Cl)Cl. The molecule has 0 bridgehead atoms. The normalized spacial score (nSPS) is 15.9. The highest BCUT2D eigenvalue weighted by molar-refractivity contribution is 7.91. The molecule has 2 aromatic carbocycles. The van der Waals surface area contributed by atoms with Crippen LogP contribution in [0.4, 0.5) is 0 Å². The molecule has 1 unspecified atom stereocenters. The summed E-state index contributed by atoms with van der Waals surface area (Å²) in [7, 11) is -1.64. The van der Waals surface area contributed by atoms with Crippen LogP contribution >= 0.6 is 34.8 Å². The van der Waals surface area contributed by atoms with E-state index in [0.29, 0.717) is 0 Å². The molecule has 0 aliphatic heterocycles. The van der Waals surface area contributed by atoms with Crippen LogP contribution in [0.5, 0.6) is 0 Å². The Kier molecular flexibility index (Phi) is 3.38. The molecule has 0 heterocycles. The Morgan fingerprint density at radius 2 is 1.26 bits per heavy atom. The fraction of sp³-hybridized carbons (Fsp3) is 0.143. The van der Waals surface area contributed by atoms with E-state index in [2.05, 4.69) is 0 Å². The Hall–Kier alpha value is -0.540. The molecule has 0 radical (unpaired) electrons. The van der Waals surface area contributed by atoms with Gasteiger partial charge in [-0.2, -0.15) is 0 Å². The molecular formula is C14H9Cl3OS. The van der Waals surface area contributed by atoms with Gasteiger partial charge >= 0.3 is 0 Å². The van der Waals surface area contributed by atoms with Crippen molar-refractivity contribution >= 4 is 45.6 Å². The molecule has 0 N–H and O–H groups in total. The highest BCUT2D eigenvalue weighted by Gasteiger charge is 2.41. The van der Waals surface area contributed by atoms with Crippen molar-refractivity contribution < 1.29 is 4.21 Å². The van der Waals surface area contributed by atoms with E-state index < -0.39 is 13.9 Å². The van der Waals surface area contributed by atoms with Crippen LogP contribution in [0.1, 0.15) is 16.4 Å². The molecule has 0 aromatic heterocycles. The quantitative estimate of drug-likeness (QED) is 0.684. The van der Waals surface area contributed by atoms with Gasteiger partial charge in [0.15, 0.2) is 0 Å². The molecule has 5 heteroatoms. The van der Waals surface area contributed by atoms with Crippen molar-refractivity contribution in [2.75, 3.05) is 0 Å². The largest absolute Gasteiger partial charge is 0.266 e. The predicted molar refractivity (Wildman–Crippen MR) is 82.2 cm³/mol. The minimum atomic E-state index is -1.80. The number of alkyl halides is 3. The van der Waals surface area contributed by atoms with Crippen molar-refractivity contribution in [2.24, 2.45) is 0 Å². The molecule has 1 nitrogen and oxygen atoms in total. The number of fused-ring (bicyclic) bond motifs is 3. The molecule has 1 aliphatic carbocycles. The molecule has 2 aromatic rings. The first kappa shape index (κ1) is 13.4. The molecule has 1 aliphatic rings. The molecule has 0 spiro atoms. The lowest BCUT2D eigenvalue weighted by Gasteiger charge is -2.18. The van der Waals surface area contributed by atoms with Crippen molar-refractivity contribution in [3.63, 3.8) is 0 Å². The highest BCUT2D eigenvalue weighted by Crippen LogP contribution is 2.50. The summed E-state index contributed by atoms with van der Waals surface area (Å²) < 4.78 is 10.7. The molecule has 3 rings (SSSR count). The van der Waals surface area contributed by atoms with Gasteiger partial charge in [0, 0.05) is 0 Å². The van der Waals surface area contributed by atoms with Crippen LogP contribution in [0.3, 0.4) is 0 Å². The van der Waals surface area contributed by atoms with Crippen molar-refractivity contribution in [1.82, 2.24) is 0 Å². The molecule has 19 heavy (non-hydrogen) atoms. The maximum atomic E-state index is 12.5. The van der Waals surface area contributed by atoms with Gasteiger partial charge in [0.2, 0.25) is 0 Å². The minimum absolute atomic E-state index is 0.389. The Balaban J connectivity index is 2.24. The highest BCUT2D eigenvalue weighted by atomic mass is 35.6. The monoisotopic (exact) mass is 330 g/mol. The maximum Gasteiger partial charge on any atom is 0.266 e. The zero-order chi connectivity index (χ0) is 13.6. The van der Waals surface area contributed by atoms with E-state index in [-0.39, 0.29) is 5.25 Å². The van der Waals surface area contributed by atoms with Gasteiger partial charge in [-0.05, 0) is 22.3 Å². The molecule has 0 fully saturated rings. The van der Waals surface area contributed by atoms with E-state index in [9.17, 15) is 4.21 Å². The van der Waals surface area contributed by atoms with Crippen LogP contribution in [0.25, 0.3) is 11.1 Å². The minimum Gasteiger partial charge on any atom is -0.254 e. The number of benzene rings is 2. The van der Waals surface area contributed by atoms with Crippen molar-refractivity contribution in [1.29, 1.82) is 0 Å². The molecule has 0 saturated carbocycles. The van der Waals surface area contributed by atoms with Gasteiger partial charge in [0.25, 0.3) is 3.12 Å². The number of halogens is 3. The third-order valence-electron chi connectivity index (χ3n) is 3.22. The van der Waals surface area contributed by atoms with Gasteiger partial charge in [0.1, 0.15) is 0 Å². The van der Waals surface area contributed by atoms with E-state index in [0.717, 1.165) is 22.3 Å². The molecule has 1 atom stereocenters. The average Bonchev–Trinajstić information content (AvgIpc) is 2.71. The maximum absolute atomic E-state index is 12.5. The summed E-state index contributed by atoms with van der Waals surface area (Å²) in [4.78, 5) is 0. The van der Waals surface area contributed by atoms with Crippen LogP contribution in [0, 0.1) is 0 Å². The van der Waals surface area contributed by atoms with E-state index in [4.69, 9.17) is 34.8 Å². The summed E-state index contributed by atoms with van der Waals surface area (Å²) in [5, 5.41) is -0.389. The standard InChI is InChI=1S/C14H9Cl3OS/c15-14(16,17)19(18)13-11-7-3-1-5-9(11)10-6-2-4-8-12(10)13/h1-8,13H. The van der Waals surface area contributed by atoms with Gasteiger partial charge in [-0.15, -0.1) is 0 Å². The number of rotatable bonds is 1. The summed E-state index contributed by atoms with van der Waals surface area (Å²) in [6.07, 6.45) is 0. The van der Waals surface area contributed by atoms with E-state index in [1.165, 1.54) is 0 Å². The summed E-state index contributed by atoms with van der Waals surface area (Å²) in [5.41, 5.74) is 4.03. The zero-order valence-electron chi connectivity index (χ0n) is 9.65. The van der Waals surface area contributed by atoms with Crippen molar-refractivity contribution in [3.8, 4) is 11.1 Å². The lowest BCUT2D eigenvalue weighted by molar-refractivity contribution is 0.679. The van der Waals surface area contributed by atoms with E-state index >= 15 is 0 Å². The summed E-state index contributed by atoms with van der Waals surface area (Å²) in [6.45, 7) is 0. The van der Waals surface area contributed by atoms with E-state index in [1.807, 2.05) is 48.5 Å². The first-order valence-electron chi connectivity index (χ1n) is 5.66. The van der Waals surface area contributed by atoms with Crippen LogP contribution in [0.2, 0.25) is 0 Å². The fourth-order valence-corrected chi connectivity index (χ4v) is 4.42. The number of hydrogen-bond acceptors (Lipinski definition) is 1. The lowest BCUT2D eigenvalue weighted by Crippen LogP contribution is -2.19. The van der Waals surface area contributed by atoms with Crippen molar-refractivity contribution in [2.45, 2.75) is 8.37 Å². The lowest BCUT2D eigenvalue weighted by atomic mass is 10.1. The fourth-order valence-electron chi connectivity index (χ4n) is 2.47. The second-order valence-corrected chi connectivity index (χ2v) is 8.93. The first-order valence-corrected chi connectivity index (χ1v) is 8.00.